The summed E-state index contributed by atoms with van der Waals surface area (Å²) < 4.78 is 16.6. The molecule has 4 nitrogen and oxygen atoms in total. The van der Waals surface area contributed by atoms with E-state index >= 15 is 0 Å². The summed E-state index contributed by atoms with van der Waals surface area (Å²) in [5.74, 6) is 0. The maximum Gasteiger partial charge on any atom is 0.0874 e. The Balaban J connectivity index is 1.93. The van der Waals surface area contributed by atoms with E-state index in [1.165, 1.54) is 0 Å². The molecule has 0 aromatic heterocycles. The Hall–Kier alpha value is -0.580. The van der Waals surface area contributed by atoms with Crippen LogP contribution in [0, 0.1) is 0 Å². The van der Waals surface area contributed by atoms with Crippen LogP contribution in [0.5, 0.6) is 0 Å². The van der Waals surface area contributed by atoms with E-state index in [-0.39, 0.29) is 18.3 Å². The fourth-order valence-corrected chi connectivity index (χ4v) is 2.57. The molecule has 0 bridgehead atoms. The molecule has 0 radical (unpaired) electrons. The first kappa shape index (κ1) is 12.9. The number of rotatable bonds is 3. The van der Waals surface area contributed by atoms with Gasteiger partial charge in [-0.25, -0.2) is 0 Å². The van der Waals surface area contributed by atoms with Crippen molar-refractivity contribution in [3.63, 3.8) is 0 Å². The third-order valence-electron chi connectivity index (χ3n) is 3.51. The Kier molecular flexibility index (Phi) is 4.83. The third-order valence-corrected chi connectivity index (χ3v) is 3.51. The molecule has 98 valence electrons. The van der Waals surface area contributed by atoms with Gasteiger partial charge >= 0.3 is 0 Å². The number of hydrogen-bond acceptors (Lipinski definition) is 4. The average molecular weight is 242 g/mol. The normalized spacial score (nSPS) is 38.7. The molecule has 0 unspecified atom stereocenters. The second-order valence-corrected chi connectivity index (χ2v) is 4.75. The summed E-state index contributed by atoms with van der Waals surface area (Å²) in [7, 11) is 1.62. The minimum Gasteiger partial charge on any atom is -0.505 e. The van der Waals surface area contributed by atoms with Crippen molar-refractivity contribution in [2.24, 2.45) is 0 Å². The zero-order valence-corrected chi connectivity index (χ0v) is 10.4. The van der Waals surface area contributed by atoms with Gasteiger partial charge in [-0.3, -0.25) is 0 Å². The Morgan fingerprint density at radius 2 is 2.18 bits per heavy atom. The van der Waals surface area contributed by atoms with Crippen molar-refractivity contribution in [1.82, 2.24) is 0 Å². The third kappa shape index (κ3) is 3.44. The summed E-state index contributed by atoms with van der Waals surface area (Å²) in [6, 6.07) is 0. The second-order valence-electron chi connectivity index (χ2n) is 4.75. The van der Waals surface area contributed by atoms with Gasteiger partial charge in [0.1, 0.15) is 0 Å². The number of methoxy groups -OCH3 is 1. The van der Waals surface area contributed by atoms with Crippen LogP contribution in [0.2, 0.25) is 0 Å². The van der Waals surface area contributed by atoms with Crippen LogP contribution in [0.3, 0.4) is 0 Å². The highest BCUT2D eigenvalue weighted by Crippen LogP contribution is 2.29. The lowest BCUT2D eigenvalue weighted by atomic mass is 10.0. The fourth-order valence-electron chi connectivity index (χ4n) is 2.57. The van der Waals surface area contributed by atoms with Crippen molar-refractivity contribution in [3.05, 3.63) is 12.3 Å². The Morgan fingerprint density at radius 3 is 3.00 bits per heavy atom. The van der Waals surface area contributed by atoms with E-state index in [9.17, 15) is 5.11 Å². The largest absolute Gasteiger partial charge is 0.505 e. The molecular weight excluding hydrogens is 220 g/mol. The molecule has 17 heavy (non-hydrogen) atoms. The number of hydrogen-bond donors (Lipinski definition) is 1. The average Bonchev–Trinajstić information content (AvgIpc) is 2.51. The van der Waals surface area contributed by atoms with E-state index in [1.807, 2.05) is 6.08 Å². The summed E-state index contributed by atoms with van der Waals surface area (Å²) >= 11 is 0. The summed E-state index contributed by atoms with van der Waals surface area (Å²) in [6.45, 7) is 0.828. The molecular formula is C13H22O4. The van der Waals surface area contributed by atoms with E-state index in [0.717, 1.165) is 32.3 Å². The molecule has 0 amide bonds. The van der Waals surface area contributed by atoms with Gasteiger partial charge in [0.05, 0.1) is 37.8 Å². The van der Waals surface area contributed by atoms with Crippen LogP contribution in [0.25, 0.3) is 0 Å². The van der Waals surface area contributed by atoms with E-state index in [2.05, 4.69) is 0 Å². The molecule has 2 fully saturated rings. The van der Waals surface area contributed by atoms with E-state index in [1.54, 1.807) is 13.4 Å². The van der Waals surface area contributed by atoms with Gasteiger partial charge in [0.2, 0.25) is 0 Å². The van der Waals surface area contributed by atoms with E-state index in [0.29, 0.717) is 6.42 Å². The van der Waals surface area contributed by atoms with Gasteiger partial charge in [0, 0.05) is 6.61 Å². The standard InChI is InChI=1S/C13H22O4/c1-15-8-2-4-11-10(14)6-7-12-13(17-11)5-3-9-16-12/h2,8,10-14H,3-7,9H2,1H3/b8-2+/t10-,11+,12+,13-/m0/s1. The number of aliphatic hydroxyl groups is 1. The summed E-state index contributed by atoms with van der Waals surface area (Å²) in [5, 5.41) is 10.0. The topological polar surface area (TPSA) is 47.9 Å². The monoisotopic (exact) mass is 242 g/mol. The van der Waals surface area contributed by atoms with Crippen LogP contribution >= 0.6 is 0 Å². The molecule has 0 spiro atoms. The van der Waals surface area contributed by atoms with Crippen LogP contribution in [-0.2, 0) is 14.2 Å². The highest BCUT2D eigenvalue weighted by Gasteiger charge is 2.35. The van der Waals surface area contributed by atoms with Crippen molar-refractivity contribution in [2.45, 2.75) is 56.5 Å². The Morgan fingerprint density at radius 1 is 1.29 bits per heavy atom. The molecule has 2 aliphatic rings. The van der Waals surface area contributed by atoms with Gasteiger partial charge in [-0.05, 0) is 38.2 Å². The molecule has 0 aromatic carbocycles. The summed E-state index contributed by atoms with van der Waals surface area (Å²) in [6.07, 6.45) is 7.79. The first-order valence-corrected chi connectivity index (χ1v) is 6.44. The number of ether oxygens (including phenoxy) is 3. The second kappa shape index (κ2) is 6.38. The maximum absolute atomic E-state index is 10.0. The molecule has 4 atom stereocenters. The zero-order valence-electron chi connectivity index (χ0n) is 10.4. The predicted molar refractivity (Wildman–Crippen MR) is 63.6 cm³/mol. The highest BCUT2D eigenvalue weighted by atomic mass is 16.6. The minimum atomic E-state index is -0.397. The van der Waals surface area contributed by atoms with Crippen molar-refractivity contribution in [2.75, 3.05) is 13.7 Å². The Bertz CT molecular complexity index is 254. The number of aliphatic hydroxyl groups excluding tert-OH is 1. The quantitative estimate of drug-likeness (QED) is 0.764. The lowest BCUT2D eigenvalue weighted by Crippen LogP contribution is -2.37. The lowest BCUT2D eigenvalue weighted by Gasteiger charge is -2.31. The smallest absolute Gasteiger partial charge is 0.0874 e. The first-order valence-electron chi connectivity index (χ1n) is 6.44. The maximum atomic E-state index is 10.0. The van der Waals surface area contributed by atoms with E-state index < -0.39 is 6.10 Å². The van der Waals surface area contributed by atoms with Gasteiger partial charge in [-0.1, -0.05) is 0 Å². The molecule has 2 rings (SSSR count). The van der Waals surface area contributed by atoms with Gasteiger partial charge in [0.25, 0.3) is 0 Å². The van der Waals surface area contributed by atoms with Gasteiger partial charge in [-0.2, -0.15) is 0 Å². The molecule has 0 saturated carbocycles. The molecule has 2 aliphatic heterocycles. The van der Waals surface area contributed by atoms with E-state index in [4.69, 9.17) is 14.2 Å². The molecule has 4 heteroatoms. The fraction of sp³-hybridized carbons (Fsp3) is 0.846. The number of fused-ring (bicyclic) bond motifs is 1. The van der Waals surface area contributed by atoms with Gasteiger partial charge < -0.3 is 19.3 Å². The van der Waals surface area contributed by atoms with Crippen LogP contribution in [0.1, 0.15) is 32.1 Å². The molecule has 2 heterocycles. The van der Waals surface area contributed by atoms with Crippen LogP contribution in [-0.4, -0.2) is 43.2 Å². The molecule has 0 aliphatic carbocycles. The minimum absolute atomic E-state index is 0.127. The highest BCUT2D eigenvalue weighted by molar-refractivity contribution is 4.88. The summed E-state index contributed by atoms with van der Waals surface area (Å²) in [4.78, 5) is 0. The molecule has 0 aromatic rings. The predicted octanol–water partition coefficient (Wildman–Crippen LogP) is 1.62. The Labute approximate surface area is 103 Å². The van der Waals surface area contributed by atoms with Gasteiger partial charge in [-0.15, -0.1) is 0 Å². The zero-order chi connectivity index (χ0) is 12.1. The van der Waals surface area contributed by atoms with Gasteiger partial charge in [0.15, 0.2) is 0 Å². The lowest BCUT2D eigenvalue weighted by molar-refractivity contribution is -0.132. The van der Waals surface area contributed by atoms with Crippen LogP contribution in [0.4, 0.5) is 0 Å². The first-order chi connectivity index (χ1) is 8.31. The van der Waals surface area contributed by atoms with Crippen molar-refractivity contribution >= 4 is 0 Å². The van der Waals surface area contributed by atoms with Crippen molar-refractivity contribution in [1.29, 1.82) is 0 Å². The SMILES string of the molecule is CO/C=C/C[C@H]1O[C@H]2CCCO[C@@H]2CC[C@@H]1O. The van der Waals surface area contributed by atoms with Crippen molar-refractivity contribution in [3.8, 4) is 0 Å². The van der Waals surface area contributed by atoms with Crippen molar-refractivity contribution < 1.29 is 19.3 Å². The molecule has 1 N–H and O–H groups in total. The molecule has 2 saturated heterocycles. The summed E-state index contributed by atoms with van der Waals surface area (Å²) in [5.41, 5.74) is 0. The van der Waals surface area contributed by atoms with Crippen LogP contribution < -0.4 is 0 Å². The van der Waals surface area contributed by atoms with Crippen LogP contribution in [0.15, 0.2) is 12.3 Å².